The van der Waals surface area contributed by atoms with Gasteiger partial charge in [-0.2, -0.15) is 0 Å². The zero-order chi connectivity index (χ0) is 14.4. The minimum Gasteiger partial charge on any atom is -0.378 e. The molecule has 2 rings (SSSR count). The Kier molecular flexibility index (Phi) is 5.79. The Balaban J connectivity index is 1.66. The molecule has 1 aliphatic rings. The summed E-state index contributed by atoms with van der Waals surface area (Å²) in [4.78, 5) is 18.0. The van der Waals surface area contributed by atoms with Gasteiger partial charge in [-0.3, -0.25) is 0 Å². The molecule has 0 spiro atoms. The predicted octanol–water partition coefficient (Wildman–Crippen LogP) is 2.46. The van der Waals surface area contributed by atoms with Crippen LogP contribution in [0.25, 0.3) is 0 Å². The van der Waals surface area contributed by atoms with E-state index in [0.717, 1.165) is 30.9 Å². The first-order chi connectivity index (χ1) is 9.66. The molecule has 2 atom stereocenters. The first-order valence-corrected chi connectivity index (χ1v) is 8.04. The number of hydrogen-bond donors (Lipinski definition) is 1. The summed E-state index contributed by atoms with van der Waals surface area (Å²) in [5.41, 5.74) is 0. The summed E-state index contributed by atoms with van der Waals surface area (Å²) in [5, 5.41) is 5.99. The molecule has 0 bridgehead atoms. The van der Waals surface area contributed by atoms with Crippen LogP contribution in [0.3, 0.4) is 0 Å². The Morgan fingerprint density at radius 2 is 2.55 bits per heavy atom. The van der Waals surface area contributed by atoms with Gasteiger partial charge in [0.15, 0.2) is 0 Å². The minimum absolute atomic E-state index is 0.0218. The van der Waals surface area contributed by atoms with Gasteiger partial charge in [0.2, 0.25) is 0 Å². The van der Waals surface area contributed by atoms with E-state index in [4.69, 9.17) is 4.74 Å². The van der Waals surface area contributed by atoms with Crippen molar-refractivity contribution in [3.05, 3.63) is 16.6 Å². The molecule has 5 nitrogen and oxygen atoms in total. The van der Waals surface area contributed by atoms with Crippen LogP contribution in [-0.4, -0.2) is 48.8 Å². The summed E-state index contributed by atoms with van der Waals surface area (Å²) in [6.45, 7) is 4.32. The third-order valence-corrected chi connectivity index (χ3v) is 4.54. The summed E-state index contributed by atoms with van der Waals surface area (Å²) in [7, 11) is 1.82. The maximum absolute atomic E-state index is 12.0. The lowest BCUT2D eigenvalue weighted by molar-refractivity contribution is 0.104. The van der Waals surface area contributed by atoms with Crippen molar-refractivity contribution in [3.63, 3.8) is 0 Å². The largest absolute Gasteiger partial charge is 0.378 e. The predicted molar refractivity (Wildman–Crippen MR) is 80.1 cm³/mol. The molecule has 2 unspecified atom stereocenters. The number of thiazole rings is 1. The van der Waals surface area contributed by atoms with Gasteiger partial charge in [0.25, 0.3) is 0 Å². The van der Waals surface area contributed by atoms with Gasteiger partial charge in [-0.05, 0) is 19.3 Å². The standard InChI is InChI=1S/C14H23N3O2S/c1-11(13-15-7-9-20-13)10-17(2)14(18)16-6-5-12-4-3-8-19-12/h7,9,11-12H,3-6,8,10H2,1-2H3,(H,16,18). The van der Waals surface area contributed by atoms with Crippen molar-refractivity contribution in [1.29, 1.82) is 0 Å². The molecular formula is C14H23N3O2S. The number of amides is 2. The van der Waals surface area contributed by atoms with Crippen LogP contribution in [0.1, 0.15) is 37.1 Å². The third-order valence-electron chi connectivity index (χ3n) is 3.53. The molecule has 1 saturated heterocycles. The smallest absolute Gasteiger partial charge is 0.317 e. The second-order valence-electron chi connectivity index (χ2n) is 5.31. The minimum atomic E-state index is -0.0218. The highest BCUT2D eigenvalue weighted by Gasteiger charge is 2.17. The number of carbonyl (C=O) groups excluding carboxylic acids is 1. The molecule has 0 aliphatic carbocycles. The number of nitrogens with one attached hydrogen (secondary N) is 1. The number of nitrogens with zero attached hydrogens (tertiary/aromatic N) is 2. The van der Waals surface area contributed by atoms with E-state index in [1.54, 1.807) is 22.4 Å². The van der Waals surface area contributed by atoms with Crippen LogP contribution in [-0.2, 0) is 4.74 Å². The Bertz CT molecular complexity index is 405. The van der Waals surface area contributed by atoms with E-state index in [9.17, 15) is 4.79 Å². The van der Waals surface area contributed by atoms with E-state index < -0.39 is 0 Å². The molecule has 112 valence electrons. The van der Waals surface area contributed by atoms with Crippen LogP contribution in [0.2, 0.25) is 0 Å². The van der Waals surface area contributed by atoms with Gasteiger partial charge in [-0.25, -0.2) is 9.78 Å². The lowest BCUT2D eigenvalue weighted by Crippen LogP contribution is -2.40. The average Bonchev–Trinajstić information content (AvgIpc) is 3.11. The van der Waals surface area contributed by atoms with Crippen molar-refractivity contribution >= 4 is 17.4 Å². The zero-order valence-corrected chi connectivity index (χ0v) is 13.0. The molecular weight excluding hydrogens is 274 g/mol. The highest BCUT2D eigenvalue weighted by Crippen LogP contribution is 2.18. The SMILES string of the molecule is CC(CN(C)C(=O)NCCC1CCCO1)c1nccs1. The number of hydrogen-bond acceptors (Lipinski definition) is 4. The number of rotatable bonds is 6. The second kappa shape index (κ2) is 7.59. The maximum atomic E-state index is 12.0. The Morgan fingerprint density at radius 1 is 1.70 bits per heavy atom. The fraction of sp³-hybridized carbons (Fsp3) is 0.714. The molecule has 20 heavy (non-hydrogen) atoms. The molecule has 6 heteroatoms. The third kappa shape index (κ3) is 4.45. The normalized spacial score (nSPS) is 19.8. The van der Waals surface area contributed by atoms with Crippen LogP contribution < -0.4 is 5.32 Å². The molecule has 1 aromatic rings. The van der Waals surface area contributed by atoms with Crippen LogP contribution in [0.4, 0.5) is 4.79 Å². The highest BCUT2D eigenvalue weighted by atomic mass is 32.1. The second-order valence-corrected chi connectivity index (χ2v) is 6.23. The van der Waals surface area contributed by atoms with E-state index >= 15 is 0 Å². The van der Waals surface area contributed by atoms with Crippen LogP contribution >= 0.6 is 11.3 Å². The van der Waals surface area contributed by atoms with Crippen molar-refractivity contribution in [2.75, 3.05) is 26.7 Å². The van der Waals surface area contributed by atoms with Gasteiger partial charge < -0.3 is 15.0 Å². The quantitative estimate of drug-likeness (QED) is 0.877. The molecule has 0 saturated carbocycles. The van der Waals surface area contributed by atoms with Gasteiger partial charge in [0.05, 0.1) is 11.1 Å². The Labute approximate surface area is 124 Å². The monoisotopic (exact) mass is 297 g/mol. The molecule has 2 amide bonds. The van der Waals surface area contributed by atoms with E-state index in [2.05, 4.69) is 17.2 Å². The molecule has 1 aromatic heterocycles. The zero-order valence-electron chi connectivity index (χ0n) is 12.2. The fourth-order valence-corrected chi connectivity index (χ4v) is 3.09. The number of ether oxygens (including phenoxy) is 1. The van der Waals surface area contributed by atoms with Gasteiger partial charge in [-0.15, -0.1) is 11.3 Å². The molecule has 1 N–H and O–H groups in total. The molecule has 1 fully saturated rings. The average molecular weight is 297 g/mol. The van der Waals surface area contributed by atoms with Gasteiger partial charge >= 0.3 is 6.03 Å². The van der Waals surface area contributed by atoms with Crippen molar-refractivity contribution in [1.82, 2.24) is 15.2 Å². The van der Waals surface area contributed by atoms with Gasteiger partial charge in [0.1, 0.15) is 0 Å². The van der Waals surface area contributed by atoms with Gasteiger partial charge in [0, 0.05) is 44.2 Å². The van der Waals surface area contributed by atoms with Crippen molar-refractivity contribution in [3.8, 4) is 0 Å². The number of urea groups is 1. The summed E-state index contributed by atoms with van der Waals surface area (Å²) < 4.78 is 5.54. The number of likely N-dealkylation sites (N-methyl/N-ethyl adjacent to an activating group) is 1. The van der Waals surface area contributed by atoms with Crippen molar-refractivity contribution in [2.45, 2.75) is 38.2 Å². The number of aromatic nitrogens is 1. The van der Waals surface area contributed by atoms with Crippen LogP contribution in [0, 0.1) is 0 Å². The Hall–Kier alpha value is -1.14. The molecule has 1 aliphatic heterocycles. The summed E-state index contributed by atoms with van der Waals surface area (Å²) in [5.74, 6) is 0.268. The van der Waals surface area contributed by atoms with Crippen molar-refractivity contribution in [2.24, 2.45) is 0 Å². The first kappa shape index (κ1) is 15.3. The lowest BCUT2D eigenvalue weighted by atomic mass is 10.2. The molecule has 0 aromatic carbocycles. The van der Waals surface area contributed by atoms with Crippen LogP contribution in [0.15, 0.2) is 11.6 Å². The van der Waals surface area contributed by atoms with E-state index in [1.807, 2.05) is 12.4 Å². The lowest BCUT2D eigenvalue weighted by Gasteiger charge is -2.21. The topological polar surface area (TPSA) is 54.5 Å². The number of carbonyl (C=O) groups is 1. The van der Waals surface area contributed by atoms with Crippen molar-refractivity contribution < 1.29 is 9.53 Å². The summed E-state index contributed by atoms with van der Waals surface area (Å²) in [6.07, 6.45) is 5.30. The fourth-order valence-electron chi connectivity index (χ4n) is 2.40. The van der Waals surface area contributed by atoms with E-state index in [1.165, 1.54) is 0 Å². The Morgan fingerprint density at radius 3 is 3.20 bits per heavy atom. The highest BCUT2D eigenvalue weighted by molar-refractivity contribution is 7.09. The molecule has 2 heterocycles. The maximum Gasteiger partial charge on any atom is 0.317 e. The van der Waals surface area contributed by atoms with E-state index in [0.29, 0.717) is 19.2 Å². The molecule has 0 radical (unpaired) electrons. The van der Waals surface area contributed by atoms with E-state index in [-0.39, 0.29) is 11.9 Å². The first-order valence-electron chi connectivity index (χ1n) is 7.16. The van der Waals surface area contributed by atoms with Gasteiger partial charge in [-0.1, -0.05) is 6.92 Å². The summed E-state index contributed by atoms with van der Waals surface area (Å²) in [6, 6.07) is -0.0218. The van der Waals surface area contributed by atoms with Crippen LogP contribution in [0.5, 0.6) is 0 Å². The summed E-state index contributed by atoms with van der Waals surface area (Å²) >= 11 is 1.63.